The smallest absolute Gasteiger partial charge is 0.275 e. The summed E-state index contributed by atoms with van der Waals surface area (Å²) in [5, 5.41) is 3.99. The van der Waals surface area contributed by atoms with Crippen molar-refractivity contribution in [2.75, 3.05) is 31.6 Å². The first kappa shape index (κ1) is 23.4. The zero-order valence-corrected chi connectivity index (χ0v) is 20.5. The average Bonchev–Trinajstić information content (AvgIpc) is 3.36. The third kappa shape index (κ3) is 5.62. The van der Waals surface area contributed by atoms with Crippen molar-refractivity contribution in [3.05, 3.63) is 40.5 Å². The fourth-order valence-electron chi connectivity index (χ4n) is 3.72. The molecule has 1 aliphatic rings. The van der Waals surface area contributed by atoms with E-state index in [1.807, 2.05) is 18.7 Å². The van der Waals surface area contributed by atoms with Crippen molar-refractivity contribution in [2.24, 2.45) is 5.41 Å². The van der Waals surface area contributed by atoms with Gasteiger partial charge in [0.15, 0.2) is 11.3 Å². The molecule has 0 spiro atoms. The molecule has 4 heterocycles. The Morgan fingerprint density at radius 1 is 1.24 bits per heavy atom. The molecule has 1 N–H and O–H groups in total. The van der Waals surface area contributed by atoms with Gasteiger partial charge in [0, 0.05) is 25.8 Å². The summed E-state index contributed by atoms with van der Waals surface area (Å²) in [5.74, 6) is -0.238. The van der Waals surface area contributed by atoms with E-state index in [-0.39, 0.29) is 23.3 Å². The minimum Gasteiger partial charge on any atom is -0.348 e. The predicted octanol–water partition coefficient (Wildman–Crippen LogP) is 4.25. The molecular formula is C23H30FN7OS. The molecule has 10 heteroatoms. The fraction of sp³-hybridized carbons (Fsp3) is 0.522. The Kier molecular flexibility index (Phi) is 6.58. The third-order valence-electron chi connectivity index (χ3n) is 5.66. The van der Waals surface area contributed by atoms with Crippen LogP contribution in [0, 0.1) is 18.2 Å². The van der Waals surface area contributed by atoms with E-state index in [1.165, 1.54) is 17.4 Å². The molecule has 1 fully saturated rings. The van der Waals surface area contributed by atoms with E-state index in [2.05, 4.69) is 50.9 Å². The number of rotatable bonds is 6. The second kappa shape index (κ2) is 9.26. The van der Waals surface area contributed by atoms with Crippen LogP contribution in [-0.4, -0.2) is 61.9 Å². The first-order chi connectivity index (χ1) is 15.6. The van der Waals surface area contributed by atoms with Gasteiger partial charge < -0.3 is 10.2 Å². The topological polar surface area (TPSA) is 87.1 Å². The van der Waals surface area contributed by atoms with Gasteiger partial charge in [-0.2, -0.15) is 4.98 Å². The van der Waals surface area contributed by atoms with Crippen molar-refractivity contribution in [3.63, 3.8) is 0 Å². The number of carbonyl (C=O) groups is 1. The molecule has 0 aliphatic carbocycles. The van der Waals surface area contributed by atoms with Gasteiger partial charge in [-0.15, -0.1) is 11.3 Å². The standard InChI is InChI=1S/C23H30FN7OS/c1-14(16-10-17(24)12-25-11-16)26-22-28-18(19-20(29-22)27-15(2)33-19)21(32)31-9-8-30(13-31)7-6-23(3,4)5/h10-12,14H,6-9,13H2,1-5H3,(H,26,28,29). The first-order valence-electron chi connectivity index (χ1n) is 11.1. The van der Waals surface area contributed by atoms with Crippen molar-refractivity contribution < 1.29 is 9.18 Å². The summed E-state index contributed by atoms with van der Waals surface area (Å²) in [4.78, 5) is 35.1. The van der Waals surface area contributed by atoms with Gasteiger partial charge in [0.05, 0.1) is 23.9 Å². The van der Waals surface area contributed by atoms with Gasteiger partial charge in [0.1, 0.15) is 10.5 Å². The number of hydrogen-bond donors (Lipinski definition) is 1. The Balaban J connectivity index is 1.56. The Morgan fingerprint density at radius 3 is 2.76 bits per heavy atom. The molecule has 1 saturated heterocycles. The molecule has 1 unspecified atom stereocenters. The van der Waals surface area contributed by atoms with E-state index in [4.69, 9.17) is 0 Å². The van der Waals surface area contributed by atoms with Crippen molar-refractivity contribution in [3.8, 4) is 0 Å². The molecule has 33 heavy (non-hydrogen) atoms. The monoisotopic (exact) mass is 471 g/mol. The van der Waals surface area contributed by atoms with Crippen LogP contribution < -0.4 is 5.32 Å². The molecule has 0 bridgehead atoms. The summed E-state index contributed by atoms with van der Waals surface area (Å²) in [6, 6.07) is 1.12. The number of amides is 1. The second-order valence-corrected chi connectivity index (χ2v) is 10.9. The highest BCUT2D eigenvalue weighted by Crippen LogP contribution is 2.28. The number of carbonyl (C=O) groups excluding carboxylic acids is 1. The molecule has 1 aliphatic heterocycles. The quantitative estimate of drug-likeness (QED) is 0.575. The van der Waals surface area contributed by atoms with E-state index < -0.39 is 5.82 Å². The number of fused-ring (bicyclic) bond motifs is 1. The summed E-state index contributed by atoms with van der Waals surface area (Å²) in [6.45, 7) is 13.5. The minimum absolute atomic E-state index is 0.118. The van der Waals surface area contributed by atoms with E-state index in [0.29, 0.717) is 34.8 Å². The van der Waals surface area contributed by atoms with E-state index in [9.17, 15) is 9.18 Å². The number of pyridine rings is 1. The van der Waals surface area contributed by atoms with Crippen LogP contribution in [0.1, 0.15) is 61.2 Å². The maximum Gasteiger partial charge on any atom is 0.275 e. The van der Waals surface area contributed by atoms with Gasteiger partial charge in [0.2, 0.25) is 5.95 Å². The normalized spacial score (nSPS) is 15.9. The molecular weight excluding hydrogens is 441 g/mol. The molecule has 0 radical (unpaired) electrons. The van der Waals surface area contributed by atoms with E-state index in [1.54, 1.807) is 6.20 Å². The van der Waals surface area contributed by atoms with Crippen molar-refractivity contribution in [2.45, 2.75) is 47.1 Å². The molecule has 0 saturated carbocycles. The SMILES string of the molecule is Cc1nc2nc(NC(C)c3cncc(F)c3)nc(C(=O)N3CCN(CCC(C)(C)C)C3)c2s1. The fourth-order valence-corrected chi connectivity index (χ4v) is 4.56. The number of anilines is 1. The number of hydrogen-bond acceptors (Lipinski definition) is 8. The molecule has 4 rings (SSSR count). The number of aromatic nitrogens is 4. The van der Waals surface area contributed by atoms with E-state index >= 15 is 0 Å². The van der Waals surface area contributed by atoms with Crippen LogP contribution in [0.2, 0.25) is 0 Å². The summed E-state index contributed by atoms with van der Waals surface area (Å²) < 4.78 is 14.3. The van der Waals surface area contributed by atoms with Gasteiger partial charge in [-0.3, -0.25) is 14.7 Å². The number of aryl methyl sites for hydroxylation is 1. The van der Waals surface area contributed by atoms with E-state index in [0.717, 1.165) is 30.7 Å². The van der Waals surface area contributed by atoms with Crippen LogP contribution >= 0.6 is 11.3 Å². The molecule has 3 aromatic heterocycles. The van der Waals surface area contributed by atoms with Crippen LogP contribution in [0.15, 0.2) is 18.5 Å². The Morgan fingerprint density at radius 2 is 2.03 bits per heavy atom. The number of nitrogens with zero attached hydrogens (tertiary/aromatic N) is 6. The highest BCUT2D eigenvalue weighted by Gasteiger charge is 2.29. The predicted molar refractivity (Wildman–Crippen MR) is 128 cm³/mol. The van der Waals surface area contributed by atoms with Crippen molar-refractivity contribution >= 4 is 33.5 Å². The Bertz CT molecular complexity index is 1160. The van der Waals surface area contributed by atoms with Gasteiger partial charge in [-0.25, -0.2) is 14.4 Å². The van der Waals surface area contributed by atoms with Crippen molar-refractivity contribution in [1.29, 1.82) is 0 Å². The van der Waals surface area contributed by atoms with Gasteiger partial charge in [-0.05, 0) is 37.3 Å². The van der Waals surface area contributed by atoms with Gasteiger partial charge >= 0.3 is 0 Å². The lowest BCUT2D eigenvalue weighted by molar-refractivity contribution is 0.0759. The molecule has 1 atom stereocenters. The second-order valence-electron chi connectivity index (χ2n) is 9.72. The van der Waals surface area contributed by atoms with Crippen LogP contribution in [-0.2, 0) is 0 Å². The molecule has 1 amide bonds. The highest BCUT2D eigenvalue weighted by molar-refractivity contribution is 7.18. The molecule has 8 nitrogen and oxygen atoms in total. The number of nitrogens with one attached hydrogen (secondary N) is 1. The Hall–Kier alpha value is -2.72. The molecule has 0 aromatic carbocycles. The largest absolute Gasteiger partial charge is 0.348 e. The van der Waals surface area contributed by atoms with Gasteiger partial charge in [-0.1, -0.05) is 20.8 Å². The number of halogens is 1. The van der Waals surface area contributed by atoms with Gasteiger partial charge in [0.25, 0.3) is 5.91 Å². The lowest BCUT2D eigenvalue weighted by Crippen LogP contribution is -2.33. The van der Waals surface area contributed by atoms with Crippen LogP contribution in [0.25, 0.3) is 10.3 Å². The van der Waals surface area contributed by atoms with Crippen molar-refractivity contribution in [1.82, 2.24) is 29.7 Å². The summed E-state index contributed by atoms with van der Waals surface area (Å²) in [6.07, 6.45) is 3.82. The zero-order chi connectivity index (χ0) is 23.8. The maximum absolute atomic E-state index is 13.6. The summed E-state index contributed by atoms with van der Waals surface area (Å²) in [5.41, 5.74) is 1.77. The Labute approximate surface area is 197 Å². The highest BCUT2D eigenvalue weighted by atomic mass is 32.1. The maximum atomic E-state index is 13.6. The molecule has 176 valence electrons. The van der Waals surface area contributed by atoms with Crippen LogP contribution in [0.5, 0.6) is 0 Å². The van der Waals surface area contributed by atoms with Crippen LogP contribution in [0.3, 0.4) is 0 Å². The third-order valence-corrected chi connectivity index (χ3v) is 6.62. The minimum atomic E-state index is -0.409. The summed E-state index contributed by atoms with van der Waals surface area (Å²) in [7, 11) is 0. The molecule has 3 aromatic rings. The lowest BCUT2D eigenvalue weighted by atomic mass is 9.92. The summed E-state index contributed by atoms with van der Waals surface area (Å²) >= 11 is 1.42. The average molecular weight is 472 g/mol. The van der Waals surface area contributed by atoms with Crippen LogP contribution in [0.4, 0.5) is 10.3 Å². The zero-order valence-electron chi connectivity index (χ0n) is 19.7. The first-order valence-corrected chi connectivity index (χ1v) is 11.9. The lowest BCUT2D eigenvalue weighted by Gasteiger charge is -2.23. The number of thiazole rings is 1.